The number of pyridine rings is 1. The highest BCUT2D eigenvalue weighted by Gasteiger charge is 2.32. The van der Waals surface area contributed by atoms with Gasteiger partial charge >= 0.3 is 0 Å². The fourth-order valence-corrected chi connectivity index (χ4v) is 7.57. The van der Waals surface area contributed by atoms with Crippen LogP contribution in [0.25, 0.3) is 0 Å². The highest BCUT2D eigenvalue weighted by molar-refractivity contribution is 5.59. The molecule has 0 radical (unpaired) electrons. The Kier molecular flexibility index (Phi) is 7.92. The van der Waals surface area contributed by atoms with Crippen molar-refractivity contribution in [2.24, 2.45) is 0 Å². The summed E-state index contributed by atoms with van der Waals surface area (Å²) >= 11 is 0. The van der Waals surface area contributed by atoms with Gasteiger partial charge < -0.3 is 9.80 Å². The van der Waals surface area contributed by atoms with Crippen LogP contribution in [0.5, 0.6) is 0 Å². The summed E-state index contributed by atoms with van der Waals surface area (Å²) in [4.78, 5) is 10.7. The standard InChI is InChI=1S/C29H47N3/c1-5-13-24(14-6-1)31(25-15-7-2-8-16-25)28-21-29(23-30-22-28)32(26-17-9-3-10-18-26)27-19-11-4-12-20-27/h21-27H,1-20H2. The van der Waals surface area contributed by atoms with E-state index in [4.69, 9.17) is 4.98 Å². The van der Waals surface area contributed by atoms with Gasteiger partial charge in [-0.15, -0.1) is 0 Å². The molecule has 4 aliphatic rings. The minimum absolute atomic E-state index is 0.738. The lowest BCUT2D eigenvalue weighted by molar-refractivity contribution is 0.337. The van der Waals surface area contributed by atoms with Crippen molar-refractivity contribution in [2.75, 3.05) is 9.80 Å². The van der Waals surface area contributed by atoms with E-state index in [1.54, 1.807) is 0 Å². The molecule has 0 unspecified atom stereocenters. The fourth-order valence-electron chi connectivity index (χ4n) is 7.57. The van der Waals surface area contributed by atoms with Crippen molar-refractivity contribution in [1.29, 1.82) is 0 Å². The maximum atomic E-state index is 4.92. The Morgan fingerprint density at radius 2 is 0.719 bits per heavy atom. The van der Waals surface area contributed by atoms with Crippen molar-refractivity contribution in [1.82, 2.24) is 4.98 Å². The molecule has 0 N–H and O–H groups in total. The zero-order valence-electron chi connectivity index (χ0n) is 20.5. The van der Waals surface area contributed by atoms with Crippen molar-refractivity contribution >= 4 is 11.4 Å². The highest BCUT2D eigenvalue weighted by atomic mass is 15.2. The van der Waals surface area contributed by atoms with Gasteiger partial charge in [-0.2, -0.15) is 0 Å². The summed E-state index contributed by atoms with van der Waals surface area (Å²) < 4.78 is 0. The zero-order valence-corrected chi connectivity index (χ0v) is 20.5. The third kappa shape index (κ3) is 5.28. The van der Waals surface area contributed by atoms with Crippen LogP contribution in [0.15, 0.2) is 18.5 Å². The zero-order chi connectivity index (χ0) is 21.6. The van der Waals surface area contributed by atoms with Crippen LogP contribution < -0.4 is 9.80 Å². The molecule has 0 bridgehead atoms. The van der Waals surface area contributed by atoms with E-state index >= 15 is 0 Å². The van der Waals surface area contributed by atoms with Crippen LogP contribution in [0.2, 0.25) is 0 Å². The third-order valence-corrected chi connectivity index (χ3v) is 9.18. The van der Waals surface area contributed by atoms with Gasteiger partial charge in [-0.05, 0) is 57.4 Å². The van der Waals surface area contributed by atoms with E-state index in [1.165, 1.54) is 140 Å². The molecule has 0 aromatic carbocycles. The first-order chi connectivity index (χ1) is 15.9. The quantitative estimate of drug-likeness (QED) is 0.449. The van der Waals surface area contributed by atoms with Crippen molar-refractivity contribution in [3.63, 3.8) is 0 Å². The van der Waals surface area contributed by atoms with Gasteiger partial charge in [0.25, 0.3) is 0 Å². The van der Waals surface area contributed by atoms with Gasteiger partial charge in [0.15, 0.2) is 0 Å². The average molecular weight is 438 g/mol. The monoisotopic (exact) mass is 437 g/mol. The lowest BCUT2D eigenvalue weighted by Crippen LogP contribution is -2.47. The number of hydrogen-bond donors (Lipinski definition) is 0. The largest absolute Gasteiger partial charge is 0.364 e. The Morgan fingerprint density at radius 1 is 0.438 bits per heavy atom. The summed E-state index contributed by atoms with van der Waals surface area (Å²) in [6.45, 7) is 0. The van der Waals surface area contributed by atoms with E-state index in [1.807, 2.05) is 0 Å². The Balaban J connectivity index is 1.45. The van der Waals surface area contributed by atoms with E-state index in [9.17, 15) is 0 Å². The predicted molar refractivity (Wildman–Crippen MR) is 137 cm³/mol. The van der Waals surface area contributed by atoms with Crippen LogP contribution in [0.4, 0.5) is 11.4 Å². The van der Waals surface area contributed by atoms with E-state index < -0.39 is 0 Å². The van der Waals surface area contributed by atoms with E-state index in [2.05, 4.69) is 28.3 Å². The number of anilines is 2. The second-order valence-corrected chi connectivity index (χ2v) is 11.4. The van der Waals surface area contributed by atoms with Gasteiger partial charge in [0.2, 0.25) is 0 Å². The first-order valence-electron chi connectivity index (χ1n) is 14.4. The summed E-state index contributed by atoms with van der Waals surface area (Å²) in [7, 11) is 0. The molecule has 0 saturated heterocycles. The van der Waals surface area contributed by atoms with Gasteiger partial charge in [0.1, 0.15) is 0 Å². The smallest absolute Gasteiger partial charge is 0.0578 e. The van der Waals surface area contributed by atoms with Gasteiger partial charge in [0.05, 0.1) is 23.8 Å². The van der Waals surface area contributed by atoms with Crippen molar-refractivity contribution in [2.45, 2.75) is 153 Å². The lowest BCUT2D eigenvalue weighted by atomic mass is 9.87. The van der Waals surface area contributed by atoms with Gasteiger partial charge in [-0.1, -0.05) is 77.0 Å². The summed E-state index contributed by atoms with van der Waals surface area (Å²) in [5.41, 5.74) is 2.89. The summed E-state index contributed by atoms with van der Waals surface area (Å²) in [5.74, 6) is 0. The molecule has 1 aromatic heterocycles. The SMILES string of the molecule is c1ncc(N(C2CCCCC2)C2CCCCC2)cc1N(C1CCCCC1)C1CCCCC1. The number of aromatic nitrogens is 1. The number of rotatable bonds is 6. The first-order valence-corrected chi connectivity index (χ1v) is 14.4. The molecule has 0 spiro atoms. The lowest BCUT2D eigenvalue weighted by Gasteiger charge is -2.45. The second-order valence-electron chi connectivity index (χ2n) is 11.4. The third-order valence-electron chi connectivity index (χ3n) is 9.18. The fraction of sp³-hybridized carbons (Fsp3) is 0.828. The molecule has 32 heavy (non-hydrogen) atoms. The Bertz CT molecular complexity index is 588. The molecular weight excluding hydrogens is 390 g/mol. The van der Waals surface area contributed by atoms with Crippen LogP contribution in [-0.4, -0.2) is 29.2 Å². The van der Waals surface area contributed by atoms with E-state index in [-0.39, 0.29) is 0 Å². The van der Waals surface area contributed by atoms with Gasteiger partial charge in [-0.25, -0.2) is 0 Å². The molecule has 3 heteroatoms. The molecular formula is C29H47N3. The highest BCUT2D eigenvalue weighted by Crippen LogP contribution is 2.38. The summed E-state index contributed by atoms with van der Waals surface area (Å²) in [6.07, 6.45) is 32.6. The summed E-state index contributed by atoms with van der Waals surface area (Å²) in [6, 6.07) is 5.53. The molecule has 4 saturated carbocycles. The van der Waals surface area contributed by atoms with Gasteiger partial charge in [0, 0.05) is 24.2 Å². The molecule has 4 fully saturated rings. The Morgan fingerprint density at radius 3 is 1.00 bits per heavy atom. The molecule has 178 valence electrons. The van der Waals surface area contributed by atoms with Crippen LogP contribution in [0.1, 0.15) is 128 Å². The second kappa shape index (κ2) is 11.3. The Hall–Kier alpha value is -1.25. The van der Waals surface area contributed by atoms with Crippen molar-refractivity contribution < 1.29 is 0 Å². The van der Waals surface area contributed by atoms with Gasteiger partial charge in [-0.3, -0.25) is 4.98 Å². The number of hydrogen-bond acceptors (Lipinski definition) is 3. The van der Waals surface area contributed by atoms with Crippen molar-refractivity contribution in [3.05, 3.63) is 18.5 Å². The maximum Gasteiger partial charge on any atom is 0.0578 e. The van der Waals surface area contributed by atoms with Crippen LogP contribution >= 0.6 is 0 Å². The number of nitrogens with zero attached hydrogens (tertiary/aromatic N) is 3. The molecule has 0 aliphatic heterocycles. The first kappa shape index (κ1) is 22.5. The van der Waals surface area contributed by atoms with Crippen molar-refractivity contribution in [3.8, 4) is 0 Å². The molecule has 1 aromatic rings. The normalized spacial score (nSPS) is 25.0. The predicted octanol–water partition coefficient (Wildman–Crippen LogP) is 8.03. The van der Waals surface area contributed by atoms with E-state index in [0.717, 1.165) is 24.2 Å². The minimum atomic E-state index is 0.738. The summed E-state index contributed by atoms with van der Waals surface area (Å²) in [5, 5.41) is 0. The van der Waals surface area contributed by atoms with E-state index in [0.29, 0.717) is 0 Å². The van der Waals surface area contributed by atoms with Crippen LogP contribution in [0, 0.1) is 0 Å². The topological polar surface area (TPSA) is 19.4 Å². The Labute approximate surface area is 197 Å². The molecule has 3 nitrogen and oxygen atoms in total. The van der Waals surface area contributed by atoms with Crippen LogP contribution in [-0.2, 0) is 0 Å². The van der Waals surface area contributed by atoms with Crippen LogP contribution in [0.3, 0.4) is 0 Å². The average Bonchev–Trinajstić information content (AvgIpc) is 2.87. The molecule has 1 heterocycles. The molecule has 5 rings (SSSR count). The molecule has 4 aliphatic carbocycles. The molecule has 0 amide bonds. The maximum absolute atomic E-state index is 4.92. The molecule has 0 atom stereocenters. The minimum Gasteiger partial charge on any atom is -0.364 e.